The Morgan fingerprint density at radius 3 is 2.37 bits per heavy atom. The molecule has 0 radical (unpaired) electrons. The summed E-state index contributed by atoms with van der Waals surface area (Å²) in [5, 5.41) is 0.690. The Kier molecular flexibility index (Phi) is 4.46. The summed E-state index contributed by atoms with van der Waals surface area (Å²) in [6.45, 7) is 3.98. The Balaban J connectivity index is 2.23. The van der Waals surface area contributed by atoms with E-state index < -0.39 is 0 Å². The molecule has 0 bridgehead atoms. The molecule has 2 unspecified atom stereocenters. The van der Waals surface area contributed by atoms with Crippen molar-refractivity contribution in [1.29, 1.82) is 0 Å². The quantitative estimate of drug-likeness (QED) is 0.911. The van der Waals surface area contributed by atoms with Crippen LogP contribution in [0.15, 0.2) is 48.5 Å². The summed E-state index contributed by atoms with van der Waals surface area (Å²) >= 11 is 6.02. The SMILES string of the molecule is Cc1ccc(OC(c2cccc(Cl)c2)C(C)N)cc1. The second kappa shape index (κ2) is 6.09. The highest BCUT2D eigenvalue weighted by molar-refractivity contribution is 6.30. The molecule has 2 nitrogen and oxygen atoms in total. The topological polar surface area (TPSA) is 35.2 Å². The average molecular weight is 276 g/mol. The molecule has 2 rings (SSSR count). The molecule has 0 aliphatic heterocycles. The van der Waals surface area contributed by atoms with Gasteiger partial charge in [-0.3, -0.25) is 0 Å². The zero-order valence-corrected chi connectivity index (χ0v) is 11.9. The van der Waals surface area contributed by atoms with Crippen molar-refractivity contribution in [1.82, 2.24) is 0 Å². The van der Waals surface area contributed by atoms with Gasteiger partial charge in [-0.05, 0) is 43.7 Å². The van der Waals surface area contributed by atoms with Crippen molar-refractivity contribution in [2.45, 2.75) is 26.0 Å². The number of rotatable bonds is 4. The summed E-state index contributed by atoms with van der Waals surface area (Å²) in [5.41, 5.74) is 8.22. The van der Waals surface area contributed by atoms with Crippen molar-refractivity contribution in [3.8, 4) is 5.75 Å². The van der Waals surface area contributed by atoms with Crippen LogP contribution in [0.4, 0.5) is 0 Å². The second-order valence-electron chi connectivity index (χ2n) is 4.77. The third kappa shape index (κ3) is 3.72. The Hall–Kier alpha value is -1.51. The van der Waals surface area contributed by atoms with Gasteiger partial charge in [0.1, 0.15) is 11.9 Å². The van der Waals surface area contributed by atoms with Crippen molar-refractivity contribution in [2.24, 2.45) is 5.73 Å². The van der Waals surface area contributed by atoms with Crippen LogP contribution in [0.3, 0.4) is 0 Å². The minimum absolute atomic E-state index is 0.125. The highest BCUT2D eigenvalue weighted by Gasteiger charge is 2.18. The lowest BCUT2D eigenvalue weighted by Gasteiger charge is -2.23. The monoisotopic (exact) mass is 275 g/mol. The maximum Gasteiger partial charge on any atom is 0.138 e. The van der Waals surface area contributed by atoms with Gasteiger partial charge in [-0.2, -0.15) is 0 Å². The summed E-state index contributed by atoms with van der Waals surface area (Å²) < 4.78 is 5.99. The van der Waals surface area contributed by atoms with Gasteiger partial charge in [0, 0.05) is 11.1 Å². The molecule has 3 heteroatoms. The molecule has 0 aliphatic carbocycles. The maximum atomic E-state index is 6.03. The number of hydrogen-bond donors (Lipinski definition) is 1. The van der Waals surface area contributed by atoms with Gasteiger partial charge in [-0.25, -0.2) is 0 Å². The highest BCUT2D eigenvalue weighted by Crippen LogP contribution is 2.26. The standard InChI is InChI=1S/C16H18ClNO/c1-11-6-8-15(9-7-11)19-16(12(2)18)13-4-3-5-14(17)10-13/h3-10,12,16H,18H2,1-2H3. The molecule has 2 aromatic rings. The first-order valence-corrected chi connectivity index (χ1v) is 6.68. The molecule has 0 heterocycles. The third-order valence-electron chi connectivity index (χ3n) is 2.94. The minimum Gasteiger partial charge on any atom is -0.484 e. The molecule has 0 fully saturated rings. The van der Waals surface area contributed by atoms with Gasteiger partial charge in [-0.15, -0.1) is 0 Å². The molecule has 100 valence electrons. The first-order valence-electron chi connectivity index (χ1n) is 6.30. The smallest absolute Gasteiger partial charge is 0.138 e. The summed E-state index contributed by atoms with van der Waals surface area (Å²) in [4.78, 5) is 0. The molecule has 2 N–H and O–H groups in total. The molecular weight excluding hydrogens is 258 g/mol. The fraction of sp³-hybridized carbons (Fsp3) is 0.250. The zero-order valence-electron chi connectivity index (χ0n) is 11.1. The normalized spacial score (nSPS) is 13.9. The van der Waals surface area contributed by atoms with E-state index >= 15 is 0 Å². The van der Waals surface area contributed by atoms with E-state index in [1.807, 2.05) is 62.4 Å². The fourth-order valence-corrected chi connectivity index (χ4v) is 2.12. The summed E-state index contributed by atoms with van der Waals surface area (Å²) in [6, 6.07) is 15.4. The Morgan fingerprint density at radius 2 is 1.79 bits per heavy atom. The van der Waals surface area contributed by atoms with Gasteiger partial charge in [0.25, 0.3) is 0 Å². The average Bonchev–Trinajstić information content (AvgIpc) is 2.37. The van der Waals surface area contributed by atoms with Gasteiger partial charge >= 0.3 is 0 Å². The molecule has 2 aromatic carbocycles. The molecule has 19 heavy (non-hydrogen) atoms. The summed E-state index contributed by atoms with van der Waals surface area (Å²) in [6.07, 6.45) is -0.207. The molecule has 0 saturated heterocycles. The number of nitrogens with two attached hydrogens (primary N) is 1. The van der Waals surface area contributed by atoms with Crippen LogP contribution in [-0.4, -0.2) is 6.04 Å². The van der Waals surface area contributed by atoms with E-state index in [4.69, 9.17) is 22.1 Å². The predicted molar refractivity (Wildman–Crippen MR) is 79.6 cm³/mol. The molecule has 0 spiro atoms. The van der Waals surface area contributed by atoms with E-state index in [1.54, 1.807) is 0 Å². The minimum atomic E-state index is -0.207. The van der Waals surface area contributed by atoms with Gasteiger partial charge in [0.2, 0.25) is 0 Å². The van der Waals surface area contributed by atoms with E-state index in [0.29, 0.717) is 5.02 Å². The van der Waals surface area contributed by atoms with E-state index in [1.165, 1.54) is 5.56 Å². The van der Waals surface area contributed by atoms with Crippen LogP contribution in [0, 0.1) is 6.92 Å². The van der Waals surface area contributed by atoms with E-state index in [-0.39, 0.29) is 12.1 Å². The third-order valence-corrected chi connectivity index (χ3v) is 3.17. The van der Waals surface area contributed by atoms with E-state index in [0.717, 1.165) is 11.3 Å². The fourth-order valence-electron chi connectivity index (χ4n) is 1.93. The number of ether oxygens (including phenoxy) is 1. The van der Waals surface area contributed by atoms with Crippen LogP contribution in [0.25, 0.3) is 0 Å². The number of aryl methyl sites for hydroxylation is 1. The Bertz CT molecular complexity index is 537. The Labute approximate surface area is 119 Å². The second-order valence-corrected chi connectivity index (χ2v) is 5.20. The zero-order chi connectivity index (χ0) is 13.8. The van der Waals surface area contributed by atoms with E-state index in [9.17, 15) is 0 Å². The van der Waals surface area contributed by atoms with Crippen LogP contribution < -0.4 is 10.5 Å². The molecule has 2 atom stereocenters. The lowest BCUT2D eigenvalue weighted by molar-refractivity contribution is 0.180. The van der Waals surface area contributed by atoms with Crippen LogP contribution in [-0.2, 0) is 0 Å². The lowest BCUT2D eigenvalue weighted by atomic mass is 10.0. The molecular formula is C16H18ClNO. The lowest BCUT2D eigenvalue weighted by Crippen LogP contribution is -2.29. The molecule has 0 aromatic heterocycles. The van der Waals surface area contributed by atoms with Crippen molar-refractivity contribution >= 4 is 11.6 Å². The Morgan fingerprint density at radius 1 is 1.11 bits per heavy atom. The van der Waals surface area contributed by atoms with Crippen LogP contribution in [0.2, 0.25) is 5.02 Å². The summed E-state index contributed by atoms with van der Waals surface area (Å²) in [7, 11) is 0. The van der Waals surface area contributed by atoms with Gasteiger partial charge < -0.3 is 10.5 Å². The first kappa shape index (κ1) is 13.9. The highest BCUT2D eigenvalue weighted by atomic mass is 35.5. The van der Waals surface area contributed by atoms with Gasteiger partial charge in [-0.1, -0.05) is 41.4 Å². The van der Waals surface area contributed by atoms with Crippen molar-refractivity contribution in [3.05, 3.63) is 64.7 Å². The largest absolute Gasteiger partial charge is 0.484 e. The predicted octanol–water partition coefficient (Wildman–Crippen LogP) is 4.12. The van der Waals surface area contributed by atoms with Crippen LogP contribution in [0.5, 0.6) is 5.75 Å². The van der Waals surface area contributed by atoms with Crippen LogP contribution in [0.1, 0.15) is 24.2 Å². The molecule has 0 aliphatic rings. The van der Waals surface area contributed by atoms with Gasteiger partial charge in [0.05, 0.1) is 0 Å². The van der Waals surface area contributed by atoms with Crippen molar-refractivity contribution < 1.29 is 4.74 Å². The molecule has 0 saturated carbocycles. The van der Waals surface area contributed by atoms with Crippen LogP contribution >= 0.6 is 11.6 Å². The van der Waals surface area contributed by atoms with E-state index in [2.05, 4.69) is 0 Å². The molecule has 0 amide bonds. The van der Waals surface area contributed by atoms with Crippen molar-refractivity contribution in [2.75, 3.05) is 0 Å². The number of hydrogen-bond acceptors (Lipinski definition) is 2. The maximum absolute atomic E-state index is 6.03. The number of benzene rings is 2. The summed E-state index contributed by atoms with van der Waals surface area (Å²) in [5.74, 6) is 0.813. The first-order chi connectivity index (χ1) is 9.06. The van der Waals surface area contributed by atoms with Crippen molar-refractivity contribution in [3.63, 3.8) is 0 Å². The number of halogens is 1. The van der Waals surface area contributed by atoms with Gasteiger partial charge in [0.15, 0.2) is 0 Å².